The standard InChI is InChI=1S/C11H19N3O/c1-3-4-6-12-11(15)13-8-10-5-7-14(2)9-10/h5,7,9H,3-4,6,8H2,1-2H3,(H2,12,13,15). The molecule has 4 heteroatoms. The fraction of sp³-hybridized carbons (Fsp3) is 0.545. The molecule has 0 aliphatic rings. The number of hydrogen-bond donors (Lipinski definition) is 2. The van der Waals surface area contributed by atoms with Gasteiger partial charge in [-0.1, -0.05) is 13.3 Å². The quantitative estimate of drug-likeness (QED) is 0.711. The monoisotopic (exact) mass is 209 g/mol. The molecule has 2 N–H and O–H groups in total. The van der Waals surface area contributed by atoms with E-state index in [0.29, 0.717) is 6.54 Å². The molecule has 0 aliphatic carbocycles. The largest absolute Gasteiger partial charge is 0.357 e. The van der Waals surface area contributed by atoms with Gasteiger partial charge in [0.25, 0.3) is 0 Å². The molecular formula is C11H19N3O. The van der Waals surface area contributed by atoms with Crippen molar-refractivity contribution in [2.75, 3.05) is 6.54 Å². The van der Waals surface area contributed by atoms with Crippen LogP contribution in [0.4, 0.5) is 4.79 Å². The van der Waals surface area contributed by atoms with Crippen molar-refractivity contribution >= 4 is 6.03 Å². The number of nitrogens with one attached hydrogen (secondary N) is 2. The lowest BCUT2D eigenvalue weighted by molar-refractivity contribution is 0.240. The first kappa shape index (κ1) is 11.6. The number of aromatic nitrogens is 1. The van der Waals surface area contributed by atoms with Gasteiger partial charge in [-0.3, -0.25) is 0 Å². The molecule has 1 aromatic heterocycles. The summed E-state index contributed by atoms with van der Waals surface area (Å²) in [6.07, 6.45) is 6.08. The zero-order valence-electron chi connectivity index (χ0n) is 9.42. The van der Waals surface area contributed by atoms with Crippen molar-refractivity contribution in [3.63, 3.8) is 0 Å². The fourth-order valence-corrected chi connectivity index (χ4v) is 1.29. The molecule has 0 saturated carbocycles. The third kappa shape index (κ3) is 4.54. The molecule has 0 bridgehead atoms. The zero-order chi connectivity index (χ0) is 11.1. The molecule has 84 valence electrons. The van der Waals surface area contributed by atoms with E-state index >= 15 is 0 Å². The summed E-state index contributed by atoms with van der Waals surface area (Å²) in [5, 5.41) is 5.61. The van der Waals surface area contributed by atoms with Crippen LogP contribution >= 0.6 is 0 Å². The molecule has 1 heterocycles. The molecule has 0 aliphatic heterocycles. The summed E-state index contributed by atoms with van der Waals surface area (Å²) < 4.78 is 1.96. The first-order valence-corrected chi connectivity index (χ1v) is 5.35. The van der Waals surface area contributed by atoms with Gasteiger partial charge >= 0.3 is 6.03 Å². The Balaban J connectivity index is 2.16. The van der Waals surface area contributed by atoms with E-state index in [-0.39, 0.29) is 6.03 Å². The average Bonchev–Trinajstić information content (AvgIpc) is 2.62. The van der Waals surface area contributed by atoms with E-state index in [1.807, 2.05) is 30.1 Å². The molecule has 0 saturated heterocycles. The molecule has 0 unspecified atom stereocenters. The predicted octanol–water partition coefficient (Wildman–Crippen LogP) is 1.62. The number of carbonyl (C=O) groups excluding carboxylic acids is 1. The molecule has 4 nitrogen and oxygen atoms in total. The minimum Gasteiger partial charge on any atom is -0.357 e. The highest BCUT2D eigenvalue weighted by atomic mass is 16.2. The molecular weight excluding hydrogens is 190 g/mol. The molecule has 0 atom stereocenters. The summed E-state index contributed by atoms with van der Waals surface area (Å²) in [5.74, 6) is 0. The Hall–Kier alpha value is -1.45. The second-order valence-corrected chi connectivity index (χ2v) is 3.65. The van der Waals surface area contributed by atoms with Gasteiger partial charge in [-0.2, -0.15) is 0 Å². The lowest BCUT2D eigenvalue weighted by Crippen LogP contribution is -2.35. The van der Waals surface area contributed by atoms with Gasteiger partial charge in [0.2, 0.25) is 0 Å². The number of unbranched alkanes of at least 4 members (excludes halogenated alkanes) is 1. The van der Waals surface area contributed by atoms with Gasteiger partial charge < -0.3 is 15.2 Å². The Bertz CT molecular complexity index is 307. The molecule has 0 aromatic carbocycles. The maximum absolute atomic E-state index is 11.3. The number of rotatable bonds is 5. The summed E-state index contributed by atoms with van der Waals surface area (Å²) in [7, 11) is 1.96. The van der Waals surface area contributed by atoms with Crippen LogP contribution in [0.15, 0.2) is 18.5 Å². The van der Waals surface area contributed by atoms with Gasteiger partial charge in [0.05, 0.1) is 0 Å². The van der Waals surface area contributed by atoms with Gasteiger partial charge in [0.15, 0.2) is 0 Å². The van der Waals surface area contributed by atoms with E-state index in [1.54, 1.807) is 0 Å². The number of nitrogens with zero attached hydrogens (tertiary/aromatic N) is 1. The first-order valence-electron chi connectivity index (χ1n) is 5.35. The Morgan fingerprint density at radius 3 is 2.87 bits per heavy atom. The maximum Gasteiger partial charge on any atom is 0.315 e. The normalized spacial score (nSPS) is 10.0. The van der Waals surface area contributed by atoms with Crippen molar-refractivity contribution in [3.05, 3.63) is 24.0 Å². The van der Waals surface area contributed by atoms with E-state index < -0.39 is 0 Å². The Kier molecular flexibility index (Phi) is 4.74. The lowest BCUT2D eigenvalue weighted by atomic mass is 10.3. The van der Waals surface area contributed by atoms with Gasteiger partial charge in [0.1, 0.15) is 0 Å². The summed E-state index contributed by atoms with van der Waals surface area (Å²) in [6, 6.07) is 1.90. The van der Waals surface area contributed by atoms with Crippen LogP contribution in [0.5, 0.6) is 0 Å². The zero-order valence-corrected chi connectivity index (χ0v) is 9.42. The summed E-state index contributed by atoms with van der Waals surface area (Å²) in [5.41, 5.74) is 1.11. The predicted molar refractivity (Wildman–Crippen MR) is 60.6 cm³/mol. The van der Waals surface area contributed by atoms with E-state index in [2.05, 4.69) is 17.6 Å². The molecule has 1 rings (SSSR count). The third-order valence-corrected chi connectivity index (χ3v) is 2.16. The highest BCUT2D eigenvalue weighted by molar-refractivity contribution is 5.73. The second-order valence-electron chi connectivity index (χ2n) is 3.65. The maximum atomic E-state index is 11.3. The SMILES string of the molecule is CCCCNC(=O)NCc1ccn(C)c1. The van der Waals surface area contributed by atoms with Crippen LogP contribution in [-0.2, 0) is 13.6 Å². The minimum atomic E-state index is -0.0905. The third-order valence-electron chi connectivity index (χ3n) is 2.16. The van der Waals surface area contributed by atoms with Gasteiger partial charge in [0, 0.05) is 32.5 Å². The number of carbonyl (C=O) groups is 1. The minimum absolute atomic E-state index is 0.0905. The average molecular weight is 209 g/mol. The molecule has 0 fully saturated rings. The second kappa shape index (κ2) is 6.11. The number of urea groups is 1. The highest BCUT2D eigenvalue weighted by Crippen LogP contribution is 1.97. The molecule has 0 spiro atoms. The highest BCUT2D eigenvalue weighted by Gasteiger charge is 1.99. The van der Waals surface area contributed by atoms with Crippen molar-refractivity contribution < 1.29 is 4.79 Å². The van der Waals surface area contributed by atoms with Crippen LogP contribution in [0.3, 0.4) is 0 Å². The van der Waals surface area contributed by atoms with Crippen molar-refractivity contribution in [1.82, 2.24) is 15.2 Å². The molecule has 15 heavy (non-hydrogen) atoms. The first-order chi connectivity index (χ1) is 7.22. The number of amides is 2. The van der Waals surface area contributed by atoms with Crippen LogP contribution < -0.4 is 10.6 Å². The lowest BCUT2D eigenvalue weighted by Gasteiger charge is -2.05. The van der Waals surface area contributed by atoms with Gasteiger partial charge in [-0.05, 0) is 18.1 Å². The Morgan fingerprint density at radius 2 is 2.27 bits per heavy atom. The molecule has 2 amide bonds. The van der Waals surface area contributed by atoms with Gasteiger partial charge in [-0.15, -0.1) is 0 Å². The summed E-state index contributed by atoms with van der Waals surface area (Å²) >= 11 is 0. The summed E-state index contributed by atoms with van der Waals surface area (Å²) in [4.78, 5) is 11.3. The Labute approximate surface area is 90.7 Å². The van der Waals surface area contributed by atoms with Gasteiger partial charge in [-0.25, -0.2) is 4.79 Å². The van der Waals surface area contributed by atoms with Crippen molar-refractivity contribution in [3.8, 4) is 0 Å². The Morgan fingerprint density at radius 1 is 1.47 bits per heavy atom. The number of aryl methyl sites for hydroxylation is 1. The van der Waals surface area contributed by atoms with E-state index in [9.17, 15) is 4.79 Å². The topological polar surface area (TPSA) is 46.1 Å². The van der Waals surface area contributed by atoms with Crippen molar-refractivity contribution in [2.45, 2.75) is 26.3 Å². The van der Waals surface area contributed by atoms with Crippen LogP contribution in [0.2, 0.25) is 0 Å². The fourth-order valence-electron chi connectivity index (χ4n) is 1.29. The molecule has 1 aromatic rings. The van der Waals surface area contributed by atoms with Crippen molar-refractivity contribution in [2.24, 2.45) is 7.05 Å². The van der Waals surface area contributed by atoms with Crippen LogP contribution in [0, 0.1) is 0 Å². The van der Waals surface area contributed by atoms with Crippen molar-refractivity contribution in [1.29, 1.82) is 0 Å². The van der Waals surface area contributed by atoms with Crippen LogP contribution in [0.25, 0.3) is 0 Å². The van der Waals surface area contributed by atoms with Crippen LogP contribution in [0.1, 0.15) is 25.3 Å². The van der Waals surface area contributed by atoms with E-state index in [4.69, 9.17) is 0 Å². The van der Waals surface area contributed by atoms with E-state index in [0.717, 1.165) is 24.9 Å². The van der Waals surface area contributed by atoms with Crippen LogP contribution in [-0.4, -0.2) is 17.1 Å². The smallest absolute Gasteiger partial charge is 0.315 e. The molecule has 0 radical (unpaired) electrons. The van der Waals surface area contributed by atoms with E-state index in [1.165, 1.54) is 0 Å². The number of hydrogen-bond acceptors (Lipinski definition) is 1. The summed E-state index contributed by atoms with van der Waals surface area (Å²) in [6.45, 7) is 3.43.